The van der Waals surface area contributed by atoms with E-state index < -0.39 is 6.10 Å². The summed E-state index contributed by atoms with van der Waals surface area (Å²) >= 11 is 0. The fourth-order valence-electron chi connectivity index (χ4n) is 2.95. The lowest BCUT2D eigenvalue weighted by molar-refractivity contribution is -0.117. The van der Waals surface area contributed by atoms with Gasteiger partial charge in [-0.2, -0.15) is 0 Å². The van der Waals surface area contributed by atoms with E-state index in [1.807, 2.05) is 56.3 Å². The molecule has 0 saturated heterocycles. The van der Waals surface area contributed by atoms with Gasteiger partial charge in [-0.25, -0.2) is 0 Å². The van der Waals surface area contributed by atoms with E-state index >= 15 is 0 Å². The summed E-state index contributed by atoms with van der Waals surface area (Å²) in [5, 5.41) is 13.5. The average Bonchev–Trinajstić information content (AvgIpc) is 2.80. The molecular formula is C18H19NO2. The van der Waals surface area contributed by atoms with E-state index in [0.717, 1.165) is 34.4 Å². The zero-order chi connectivity index (χ0) is 15.0. The number of rotatable bonds is 3. The first kappa shape index (κ1) is 13.8. The summed E-state index contributed by atoms with van der Waals surface area (Å²) in [6, 6.07) is 13.6. The van der Waals surface area contributed by atoms with Crippen LogP contribution in [0, 0.1) is 6.92 Å². The molecule has 0 aliphatic carbocycles. The molecule has 1 heterocycles. The molecule has 0 aromatic heterocycles. The van der Waals surface area contributed by atoms with Gasteiger partial charge in [0.1, 0.15) is 6.10 Å². The van der Waals surface area contributed by atoms with Crippen LogP contribution in [0.25, 0.3) is 0 Å². The second-order valence-electron chi connectivity index (χ2n) is 5.61. The maximum atomic E-state index is 11.9. The molecule has 0 spiro atoms. The smallest absolute Gasteiger partial charge is 0.231 e. The van der Waals surface area contributed by atoms with E-state index in [1.165, 1.54) is 0 Å². The van der Waals surface area contributed by atoms with Crippen molar-refractivity contribution in [3.63, 3.8) is 0 Å². The summed E-state index contributed by atoms with van der Waals surface area (Å²) in [4.78, 5) is 11.9. The fraction of sp³-hybridized carbons (Fsp3) is 0.278. The molecule has 2 aromatic carbocycles. The lowest BCUT2D eigenvalue weighted by atomic mass is 9.93. The molecule has 1 amide bonds. The van der Waals surface area contributed by atoms with E-state index in [2.05, 4.69) is 5.32 Å². The number of amides is 1. The highest BCUT2D eigenvalue weighted by atomic mass is 16.3. The van der Waals surface area contributed by atoms with E-state index in [0.29, 0.717) is 0 Å². The highest BCUT2D eigenvalue weighted by Gasteiger charge is 2.29. The van der Waals surface area contributed by atoms with Crippen LogP contribution in [0.3, 0.4) is 0 Å². The van der Waals surface area contributed by atoms with Crippen molar-refractivity contribution in [2.45, 2.75) is 32.3 Å². The highest BCUT2D eigenvalue weighted by molar-refractivity contribution is 6.02. The molecule has 3 nitrogen and oxygen atoms in total. The summed E-state index contributed by atoms with van der Waals surface area (Å²) in [5.41, 5.74) is 4.68. The predicted molar refractivity (Wildman–Crippen MR) is 83.3 cm³/mol. The molecule has 21 heavy (non-hydrogen) atoms. The Morgan fingerprint density at radius 3 is 2.67 bits per heavy atom. The van der Waals surface area contributed by atoms with Crippen molar-refractivity contribution in [3.05, 3.63) is 64.7 Å². The van der Waals surface area contributed by atoms with Crippen molar-refractivity contribution < 1.29 is 9.90 Å². The SMILES string of the molecule is CCC1C(=O)Nc2ccc(C(O)c3cccc(C)c3)cc21. The molecule has 0 bridgehead atoms. The van der Waals surface area contributed by atoms with E-state index in [1.54, 1.807) is 0 Å². The van der Waals surface area contributed by atoms with Gasteiger partial charge in [-0.3, -0.25) is 4.79 Å². The molecule has 2 unspecified atom stereocenters. The summed E-state index contributed by atoms with van der Waals surface area (Å²) in [6.45, 7) is 4.01. The number of carbonyl (C=O) groups excluding carboxylic acids is 1. The van der Waals surface area contributed by atoms with Gasteiger partial charge >= 0.3 is 0 Å². The van der Waals surface area contributed by atoms with Gasteiger partial charge in [0, 0.05) is 5.69 Å². The number of benzene rings is 2. The molecule has 2 aromatic rings. The first-order valence-corrected chi connectivity index (χ1v) is 7.29. The molecule has 0 saturated carbocycles. The quantitative estimate of drug-likeness (QED) is 0.904. The van der Waals surface area contributed by atoms with Gasteiger partial charge in [-0.1, -0.05) is 42.8 Å². The number of hydrogen-bond acceptors (Lipinski definition) is 2. The maximum Gasteiger partial charge on any atom is 0.231 e. The number of hydrogen-bond donors (Lipinski definition) is 2. The number of nitrogens with one attached hydrogen (secondary N) is 1. The van der Waals surface area contributed by atoms with Crippen LogP contribution in [0.2, 0.25) is 0 Å². The molecule has 3 heteroatoms. The Morgan fingerprint density at radius 2 is 1.95 bits per heavy atom. The van der Waals surface area contributed by atoms with Crippen LogP contribution in [0.4, 0.5) is 5.69 Å². The summed E-state index contributed by atoms with van der Waals surface area (Å²) in [5.74, 6) is -0.0562. The lowest BCUT2D eigenvalue weighted by Gasteiger charge is -2.14. The summed E-state index contributed by atoms with van der Waals surface area (Å²) < 4.78 is 0. The number of fused-ring (bicyclic) bond motifs is 1. The highest BCUT2D eigenvalue weighted by Crippen LogP contribution is 2.37. The Labute approximate surface area is 124 Å². The topological polar surface area (TPSA) is 49.3 Å². The monoisotopic (exact) mass is 281 g/mol. The Bertz CT molecular complexity index is 693. The predicted octanol–water partition coefficient (Wildman–Crippen LogP) is 3.52. The number of aliphatic hydroxyl groups is 1. The standard InChI is InChI=1S/C18H19NO2/c1-3-14-15-10-13(7-8-16(15)19-18(14)21)17(20)12-6-4-5-11(2)9-12/h4-10,14,17,20H,3H2,1-2H3,(H,19,21). The van der Waals surface area contributed by atoms with Crippen LogP contribution in [0.1, 0.15) is 47.6 Å². The number of aryl methyl sites for hydroxylation is 1. The number of aliphatic hydroxyl groups excluding tert-OH is 1. The Kier molecular flexibility index (Phi) is 3.52. The molecular weight excluding hydrogens is 262 g/mol. The third-order valence-corrected chi connectivity index (χ3v) is 4.11. The minimum absolute atomic E-state index is 0.0506. The molecule has 1 aliphatic heterocycles. The third-order valence-electron chi connectivity index (χ3n) is 4.11. The van der Waals surface area contributed by atoms with E-state index in [4.69, 9.17) is 0 Å². The first-order valence-electron chi connectivity index (χ1n) is 7.29. The van der Waals surface area contributed by atoms with Gasteiger partial charge in [0.25, 0.3) is 0 Å². The number of carbonyl (C=O) groups is 1. The van der Waals surface area contributed by atoms with Crippen molar-refractivity contribution in [1.82, 2.24) is 0 Å². The molecule has 0 radical (unpaired) electrons. The van der Waals surface area contributed by atoms with Crippen molar-refractivity contribution in [2.24, 2.45) is 0 Å². The van der Waals surface area contributed by atoms with Crippen LogP contribution < -0.4 is 5.32 Å². The first-order chi connectivity index (χ1) is 10.1. The summed E-state index contributed by atoms with van der Waals surface area (Å²) in [6.07, 6.45) is 0.103. The summed E-state index contributed by atoms with van der Waals surface area (Å²) in [7, 11) is 0. The molecule has 0 fully saturated rings. The minimum atomic E-state index is -0.664. The fourth-order valence-corrected chi connectivity index (χ4v) is 2.95. The maximum absolute atomic E-state index is 11.9. The largest absolute Gasteiger partial charge is 0.384 e. The van der Waals surface area contributed by atoms with E-state index in [9.17, 15) is 9.90 Å². The molecule has 108 valence electrons. The van der Waals surface area contributed by atoms with Gasteiger partial charge in [0.05, 0.1) is 5.92 Å². The van der Waals surface area contributed by atoms with Crippen molar-refractivity contribution in [3.8, 4) is 0 Å². The number of anilines is 1. The second-order valence-corrected chi connectivity index (χ2v) is 5.61. The van der Waals surface area contributed by atoms with Crippen LogP contribution in [-0.2, 0) is 4.79 Å². The van der Waals surface area contributed by atoms with Crippen molar-refractivity contribution in [1.29, 1.82) is 0 Å². The second kappa shape index (κ2) is 5.34. The van der Waals surface area contributed by atoms with Crippen LogP contribution >= 0.6 is 0 Å². The van der Waals surface area contributed by atoms with Gasteiger partial charge < -0.3 is 10.4 Å². The lowest BCUT2D eigenvalue weighted by Crippen LogP contribution is -2.10. The van der Waals surface area contributed by atoms with Crippen LogP contribution in [-0.4, -0.2) is 11.0 Å². The minimum Gasteiger partial charge on any atom is -0.384 e. The van der Waals surface area contributed by atoms with Crippen molar-refractivity contribution in [2.75, 3.05) is 5.32 Å². The van der Waals surface area contributed by atoms with Gasteiger partial charge in [-0.05, 0) is 42.2 Å². The Morgan fingerprint density at radius 1 is 1.19 bits per heavy atom. The molecule has 2 atom stereocenters. The van der Waals surface area contributed by atoms with Crippen LogP contribution in [0.5, 0.6) is 0 Å². The zero-order valence-electron chi connectivity index (χ0n) is 12.3. The Balaban J connectivity index is 1.98. The van der Waals surface area contributed by atoms with Gasteiger partial charge in [0.2, 0.25) is 5.91 Å². The van der Waals surface area contributed by atoms with Crippen LogP contribution in [0.15, 0.2) is 42.5 Å². The normalized spacial score (nSPS) is 18.2. The Hall–Kier alpha value is -2.13. The van der Waals surface area contributed by atoms with Crippen molar-refractivity contribution >= 4 is 11.6 Å². The molecule has 1 aliphatic rings. The third kappa shape index (κ3) is 2.45. The zero-order valence-corrected chi connectivity index (χ0v) is 12.3. The molecule has 3 rings (SSSR count). The average molecular weight is 281 g/mol. The van der Waals surface area contributed by atoms with Gasteiger partial charge in [-0.15, -0.1) is 0 Å². The van der Waals surface area contributed by atoms with Gasteiger partial charge in [0.15, 0.2) is 0 Å². The van der Waals surface area contributed by atoms with E-state index in [-0.39, 0.29) is 11.8 Å². The molecule has 2 N–H and O–H groups in total.